The maximum Gasteiger partial charge on any atom is 0.145 e. The van der Waals surface area contributed by atoms with Gasteiger partial charge >= 0.3 is 0 Å². The minimum absolute atomic E-state index is 0.109. The van der Waals surface area contributed by atoms with E-state index in [9.17, 15) is 5.11 Å². The number of aliphatic hydroxyl groups excluding tert-OH is 1. The minimum atomic E-state index is -0.717. The number of allylic oxidation sites excluding steroid dienone is 3. The van der Waals surface area contributed by atoms with Crippen molar-refractivity contribution >= 4 is 5.71 Å². The lowest BCUT2D eigenvalue weighted by Gasteiger charge is -2.46. The van der Waals surface area contributed by atoms with E-state index < -0.39 is 11.8 Å². The Morgan fingerprint density at radius 3 is 2.85 bits per heavy atom. The second-order valence-corrected chi connectivity index (χ2v) is 7.98. The van der Waals surface area contributed by atoms with Crippen LogP contribution < -0.4 is 5.43 Å². The molecule has 4 rings (SSSR count). The van der Waals surface area contributed by atoms with E-state index in [4.69, 9.17) is 9.73 Å². The molecule has 1 aromatic rings. The summed E-state index contributed by atoms with van der Waals surface area (Å²) in [5.41, 5.74) is 7.47. The first-order valence-corrected chi connectivity index (χ1v) is 9.53. The number of aliphatic hydroxyl groups is 1. The predicted octanol–water partition coefficient (Wildman–Crippen LogP) is 3.10. The van der Waals surface area contributed by atoms with E-state index in [1.54, 1.807) is 6.26 Å². The molecule has 2 aliphatic heterocycles. The molecule has 0 bridgehead atoms. The molecule has 0 aromatic heterocycles. The molecule has 3 aliphatic rings. The molecule has 1 unspecified atom stereocenters. The van der Waals surface area contributed by atoms with Crippen LogP contribution in [0.25, 0.3) is 0 Å². The fourth-order valence-corrected chi connectivity index (χ4v) is 3.86. The Bertz CT molecular complexity index is 836. The third kappa shape index (κ3) is 3.63. The van der Waals surface area contributed by atoms with Crippen molar-refractivity contribution in [3.63, 3.8) is 0 Å². The van der Waals surface area contributed by atoms with Crippen LogP contribution in [0, 0.1) is 0 Å². The molecule has 2 atom stereocenters. The van der Waals surface area contributed by atoms with Crippen molar-refractivity contribution in [1.82, 2.24) is 10.4 Å². The van der Waals surface area contributed by atoms with Gasteiger partial charge in [-0.15, -0.1) is 0 Å². The third-order valence-electron chi connectivity index (χ3n) is 5.29. The smallest absolute Gasteiger partial charge is 0.145 e. The van der Waals surface area contributed by atoms with Gasteiger partial charge in [-0.05, 0) is 50.5 Å². The molecular weight excluding hydrogens is 338 g/mol. The first kappa shape index (κ1) is 18.2. The Morgan fingerprint density at radius 1 is 1.30 bits per heavy atom. The predicted molar refractivity (Wildman–Crippen MR) is 107 cm³/mol. The van der Waals surface area contributed by atoms with Crippen molar-refractivity contribution in [3.8, 4) is 0 Å². The van der Waals surface area contributed by atoms with Crippen molar-refractivity contribution in [3.05, 3.63) is 71.2 Å². The lowest BCUT2D eigenvalue weighted by molar-refractivity contribution is -0.0832. The number of ether oxygens (including phenoxy) is 1. The van der Waals surface area contributed by atoms with Crippen LogP contribution in [0.1, 0.15) is 32.8 Å². The van der Waals surface area contributed by atoms with Crippen LogP contribution in [0.4, 0.5) is 0 Å². The van der Waals surface area contributed by atoms with Gasteiger partial charge in [-0.3, -0.25) is 10.4 Å². The summed E-state index contributed by atoms with van der Waals surface area (Å²) in [5.74, 6) is 0.867. The highest BCUT2D eigenvalue weighted by molar-refractivity contribution is 5.96. The Kier molecular flexibility index (Phi) is 4.76. The molecule has 5 nitrogen and oxygen atoms in total. The fourth-order valence-electron chi connectivity index (χ4n) is 3.86. The Balaban J connectivity index is 1.56. The molecule has 0 saturated carbocycles. The van der Waals surface area contributed by atoms with Crippen molar-refractivity contribution in [2.75, 3.05) is 6.54 Å². The number of nitrogens with zero attached hydrogens (tertiary/aromatic N) is 2. The van der Waals surface area contributed by atoms with Crippen LogP contribution in [-0.2, 0) is 11.2 Å². The zero-order valence-electron chi connectivity index (χ0n) is 16.1. The van der Waals surface area contributed by atoms with Gasteiger partial charge in [0, 0.05) is 24.3 Å². The first-order chi connectivity index (χ1) is 12.9. The maximum absolute atomic E-state index is 10.9. The standard InChI is InChI=1S/C22H27N3O2/c1-15-11-17-12-18-19(13-20(17)27-14-15)25(21(26)22(2,3)24-18)23-10-9-16-7-5-4-6-8-16/h4-8,11,13-14,19,21,23,26H,9-10,12H2,1-3H3/t19?,21-/m1/s1. The quantitative estimate of drug-likeness (QED) is 0.861. The highest BCUT2D eigenvalue weighted by Crippen LogP contribution is 2.35. The monoisotopic (exact) mass is 365 g/mol. The Labute approximate surface area is 160 Å². The number of benzene rings is 1. The minimum Gasteiger partial charge on any atom is -0.465 e. The van der Waals surface area contributed by atoms with E-state index >= 15 is 0 Å². The summed E-state index contributed by atoms with van der Waals surface area (Å²) >= 11 is 0. The molecule has 27 heavy (non-hydrogen) atoms. The molecule has 142 valence electrons. The largest absolute Gasteiger partial charge is 0.465 e. The van der Waals surface area contributed by atoms with Crippen LogP contribution in [0.2, 0.25) is 0 Å². The molecule has 5 heteroatoms. The molecule has 0 saturated heterocycles. The molecule has 2 heterocycles. The van der Waals surface area contributed by atoms with E-state index in [-0.39, 0.29) is 6.04 Å². The fraction of sp³-hybridized carbons (Fsp3) is 0.409. The van der Waals surface area contributed by atoms with Crippen LogP contribution in [0.15, 0.2) is 70.6 Å². The van der Waals surface area contributed by atoms with E-state index in [0.717, 1.165) is 42.0 Å². The number of nitrogens with one attached hydrogen (secondary N) is 1. The second kappa shape index (κ2) is 7.08. The Hall–Kier alpha value is -2.21. The highest BCUT2D eigenvalue weighted by atomic mass is 16.5. The van der Waals surface area contributed by atoms with Crippen molar-refractivity contribution in [2.24, 2.45) is 4.99 Å². The van der Waals surface area contributed by atoms with Crippen LogP contribution in [0.3, 0.4) is 0 Å². The summed E-state index contributed by atoms with van der Waals surface area (Å²) in [7, 11) is 0. The first-order valence-electron chi connectivity index (χ1n) is 9.53. The van der Waals surface area contributed by atoms with Gasteiger partial charge in [0.1, 0.15) is 12.0 Å². The second-order valence-electron chi connectivity index (χ2n) is 7.98. The molecule has 0 fully saturated rings. The van der Waals surface area contributed by atoms with Gasteiger partial charge < -0.3 is 9.84 Å². The summed E-state index contributed by atoms with van der Waals surface area (Å²) in [6.45, 7) is 6.72. The highest BCUT2D eigenvalue weighted by Gasteiger charge is 2.44. The maximum atomic E-state index is 10.9. The van der Waals surface area contributed by atoms with Gasteiger partial charge in [0.2, 0.25) is 0 Å². The number of hydrazine groups is 1. The topological polar surface area (TPSA) is 57.1 Å². The van der Waals surface area contributed by atoms with E-state index in [1.165, 1.54) is 5.56 Å². The Morgan fingerprint density at radius 2 is 2.07 bits per heavy atom. The van der Waals surface area contributed by atoms with E-state index in [1.807, 2.05) is 44.0 Å². The van der Waals surface area contributed by atoms with E-state index in [0.29, 0.717) is 0 Å². The molecular formula is C22H27N3O2. The van der Waals surface area contributed by atoms with Gasteiger partial charge in [0.05, 0.1) is 17.8 Å². The van der Waals surface area contributed by atoms with Crippen molar-refractivity contribution in [1.29, 1.82) is 0 Å². The number of fused-ring (bicyclic) bond motifs is 2. The van der Waals surface area contributed by atoms with Gasteiger partial charge in [0.25, 0.3) is 0 Å². The normalized spacial score (nSPS) is 26.7. The molecule has 0 spiro atoms. The summed E-state index contributed by atoms with van der Waals surface area (Å²) < 4.78 is 5.79. The molecule has 0 amide bonds. The summed E-state index contributed by atoms with van der Waals surface area (Å²) in [4.78, 5) is 4.87. The number of rotatable bonds is 4. The number of aliphatic imine (C=N–C) groups is 1. The van der Waals surface area contributed by atoms with Crippen LogP contribution >= 0.6 is 0 Å². The van der Waals surface area contributed by atoms with Crippen molar-refractivity contribution in [2.45, 2.75) is 51.4 Å². The van der Waals surface area contributed by atoms with Crippen LogP contribution in [-0.4, -0.2) is 40.2 Å². The van der Waals surface area contributed by atoms with Crippen molar-refractivity contribution < 1.29 is 9.84 Å². The molecule has 2 N–H and O–H groups in total. The van der Waals surface area contributed by atoms with Crippen LogP contribution in [0.5, 0.6) is 0 Å². The molecule has 1 aromatic carbocycles. The molecule has 1 aliphatic carbocycles. The van der Waals surface area contributed by atoms with Gasteiger partial charge in [0.15, 0.2) is 0 Å². The number of hydrogen-bond donors (Lipinski definition) is 2. The zero-order chi connectivity index (χ0) is 19.0. The van der Waals surface area contributed by atoms with E-state index in [2.05, 4.69) is 29.7 Å². The van der Waals surface area contributed by atoms with Gasteiger partial charge in [-0.2, -0.15) is 0 Å². The zero-order valence-corrected chi connectivity index (χ0v) is 16.1. The molecule has 0 radical (unpaired) electrons. The van der Waals surface area contributed by atoms with Gasteiger partial charge in [-0.25, -0.2) is 5.01 Å². The lowest BCUT2D eigenvalue weighted by Crippen LogP contribution is -2.64. The average Bonchev–Trinajstić information content (AvgIpc) is 2.64. The third-order valence-corrected chi connectivity index (χ3v) is 5.29. The SMILES string of the molecule is CC1=COC2=CC3C(=NC(C)(C)[C@@H](O)N3NCCc3ccccc3)CC2=C1. The number of hydrogen-bond acceptors (Lipinski definition) is 5. The summed E-state index contributed by atoms with van der Waals surface area (Å²) in [5, 5.41) is 12.9. The average molecular weight is 365 g/mol. The summed E-state index contributed by atoms with van der Waals surface area (Å²) in [6, 6.07) is 10.3. The lowest BCUT2D eigenvalue weighted by atomic mass is 9.87. The van der Waals surface area contributed by atoms with Gasteiger partial charge in [-0.1, -0.05) is 30.3 Å². The summed E-state index contributed by atoms with van der Waals surface area (Å²) in [6.07, 6.45) is 6.90.